The number of rotatable bonds is 3. The van der Waals surface area contributed by atoms with Crippen LogP contribution in [0.5, 0.6) is 0 Å². The van der Waals surface area contributed by atoms with Crippen LogP contribution in [0, 0.1) is 17.1 Å². The molecule has 1 N–H and O–H groups in total. The number of benzene rings is 1. The molecule has 80 valence electrons. The van der Waals surface area contributed by atoms with Gasteiger partial charge in [-0.3, -0.25) is 4.72 Å². The molecule has 0 saturated carbocycles. The SMILES string of the molecule is CCS(=O)(=O)Nc1ccc(F)c(C#N)c1. The Kier molecular flexibility index (Phi) is 3.27. The molecule has 0 spiro atoms. The Morgan fingerprint density at radius 2 is 2.20 bits per heavy atom. The van der Waals surface area contributed by atoms with Gasteiger partial charge >= 0.3 is 0 Å². The van der Waals surface area contributed by atoms with Crippen molar-refractivity contribution in [3.63, 3.8) is 0 Å². The highest BCUT2D eigenvalue weighted by Gasteiger charge is 2.08. The lowest BCUT2D eigenvalue weighted by atomic mass is 10.2. The van der Waals surface area contributed by atoms with Crippen molar-refractivity contribution in [2.45, 2.75) is 6.92 Å². The highest BCUT2D eigenvalue weighted by Crippen LogP contribution is 2.15. The number of halogens is 1. The van der Waals surface area contributed by atoms with E-state index in [4.69, 9.17) is 5.26 Å². The minimum Gasteiger partial charge on any atom is -0.284 e. The van der Waals surface area contributed by atoms with Crippen molar-refractivity contribution in [1.29, 1.82) is 5.26 Å². The predicted molar refractivity (Wildman–Crippen MR) is 54.2 cm³/mol. The van der Waals surface area contributed by atoms with Crippen LogP contribution in [0.2, 0.25) is 0 Å². The van der Waals surface area contributed by atoms with Gasteiger partial charge in [-0.15, -0.1) is 0 Å². The lowest BCUT2D eigenvalue weighted by Crippen LogP contribution is -2.14. The first-order valence-corrected chi connectivity index (χ1v) is 5.84. The van der Waals surface area contributed by atoms with Crippen LogP contribution in [0.25, 0.3) is 0 Å². The van der Waals surface area contributed by atoms with Gasteiger partial charge in [0.1, 0.15) is 11.9 Å². The third-order valence-electron chi connectivity index (χ3n) is 1.74. The van der Waals surface area contributed by atoms with Crippen LogP contribution in [0.4, 0.5) is 10.1 Å². The molecular formula is C9H9FN2O2S. The molecule has 0 bridgehead atoms. The third-order valence-corrected chi connectivity index (χ3v) is 3.05. The maximum Gasteiger partial charge on any atom is 0.232 e. The van der Waals surface area contributed by atoms with Gasteiger partial charge in [0.15, 0.2) is 0 Å². The van der Waals surface area contributed by atoms with Crippen LogP contribution in [0.3, 0.4) is 0 Å². The van der Waals surface area contributed by atoms with Gasteiger partial charge in [0.2, 0.25) is 10.0 Å². The zero-order valence-electron chi connectivity index (χ0n) is 7.99. The Hall–Kier alpha value is -1.61. The molecule has 1 aromatic carbocycles. The molecule has 0 saturated heterocycles. The Balaban J connectivity index is 3.04. The molecule has 0 heterocycles. The first-order valence-electron chi connectivity index (χ1n) is 4.18. The van der Waals surface area contributed by atoms with E-state index in [0.29, 0.717) is 0 Å². The van der Waals surface area contributed by atoms with E-state index in [1.54, 1.807) is 6.07 Å². The lowest BCUT2D eigenvalue weighted by molar-refractivity contribution is 0.602. The van der Waals surface area contributed by atoms with Gasteiger partial charge in [-0.2, -0.15) is 5.26 Å². The van der Waals surface area contributed by atoms with Crippen molar-refractivity contribution in [2.75, 3.05) is 10.5 Å². The first kappa shape index (κ1) is 11.5. The van der Waals surface area contributed by atoms with Crippen LogP contribution in [0.15, 0.2) is 18.2 Å². The van der Waals surface area contributed by atoms with Gasteiger partial charge in [-0.1, -0.05) is 0 Å². The Bertz CT molecular complexity index is 505. The second kappa shape index (κ2) is 4.28. The number of anilines is 1. The monoisotopic (exact) mass is 228 g/mol. The van der Waals surface area contributed by atoms with Crippen molar-refractivity contribution < 1.29 is 12.8 Å². The van der Waals surface area contributed by atoms with E-state index in [9.17, 15) is 12.8 Å². The zero-order valence-corrected chi connectivity index (χ0v) is 8.81. The van der Waals surface area contributed by atoms with Crippen LogP contribution in [0.1, 0.15) is 12.5 Å². The summed E-state index contributed by atoms with van der Waals surface area (Å²) < 4.78 is 37.4. The van der Waals surface area contributed by atoms with Gasteiger partial charge < -0.3 is 0 Å². The molecule has 0 aliphatic heterocycles. The quantitative estimate of drug-likeness (QED) is 0.851. The van der Waals surface area contributed by atoms with Crippen LogP contribution in [-0.2, 0) is 10.0 Å². The van der Waals surface area contributed by atoms with Gasteiger partial charge in [-0.25, -0.2) is 12.8 Å². The smallest absolute Gasteiger partial charge is 0.232 e. The van der Waals surface area contributed by atoms with Gasteiger partial charge in [0, 0.05) is 5.69 Å². The lowest BCUT2D eigenvalue weighted by Gasteiger charge is -2.05. The summed E-state index contributed by atoms with van der Waals surface area (Å²) in [5.41, 5.74) is 0.00102. The summed E-state index contributed by atoms with van der Waals surface area (Å²) in [4.78, 5) is 0. The number of nitrogens with one attached hydrogen (secondary N) is 1. The molecule has 0 radical (unpaired) electrons. The minimum atomic E-state index is -3.39. The Morgan fingerprint density at radius 3 is 2.73 bits per heavy atom. The van der Waals surface area contributed by atoms with E-state index < -0.39 is 15.8 Å². The highest BCUT2D eigenvalue weighted by molar-refractivity contribution is 7.92. The van der Waals surface area contributed by atoms with E-state index in [0.717, 1.165) is 12.1 Å². The van der Waals surface area contributed by atoms with Crippen molar-refractivity contribution in [2.24, 2.45) is 0 Å². The van der Waals surface area contributed by atoms with Crippen LogP contribution >= 0.6 is 0 Å². The molecule has 0 fully saturated rings. The minimum absolute atomic E-state index is 0.0771. The van der Waals surface area contributed by atoms with Crippen molar-refractivity contribution >= 4 is 15.7 Å². The number of hydrogen-bond acceptors (Lipinski definition) is 3. The molecule has 0 unspecified atom stereocenters. The average molecular weight is 228 g/mol. The van der Waals surface area contributed by atoms with E-state index in [1.807, 2.05) is 0 Å². The van der Waals surface area contributed by atoms with Crippen molar-refractivity contribution in [3.8, 4) is 6.07 Å². The van der Waals surface area contributed by atoms with E-state index in [1.165, 1.54) is 13.0 Å². The summed E-state index contributed by atoms with van der Waals surface area (Å²) in [6.45, 7) is 1.48. The summed E-state index contributed by atoms with van der Waals surface area (Å²) in [7, 11) is -3.39. The normalized spacial score (nSPS) is 10.7. The topological polar surface area (TPSA) is 70.0 Å². The molecule has 0 atom stereocenters. The molecule has 4 nitrogen and oxygen atoms in total. The largest absolute Gasteiger partial charge is 0.284 e. The second-order valence-corrected chi connectivity index (χ2v) is 4.82. The summed E-state index contributed by atoms with van der Waals surface area (Å²) in [6, 6.07) is 5.10. The Morgan fingerprint density at radius 1 is 1.53 bits per heavy atom. The maximum atomic E-state index is 12.9. The van der Waals surface area contributed by atoms with Gasteiger partial charge in [0.25, 0.3) is 0 Å². The fourth-order valence-electron chi connectivity index (χ4n) is 0.926. The number of nitrogens with zero attached hydrogens (tertiary/aromatic N) is 1. The maximum absolute atomic E-state index is 12.9. The highest BCUT2D eigenvalue weighted by atomic mass is 32.2. The van der Waals surface area contributed by atoms with E-state index in [2.05, 4.69) is 4.72 Å². The standard InChI is InChI=1S/C9H9FN2O2S/c1-2-15(13,14)12-8-3-4-9(10)7(5-8)6-11/h3-5,12H,2H2,1H3. The molecule has 6 heteroatoms. The van der Waals surface area contributed by atoms with Gasteiger partial charge in [0.05, 0.1) is 11.3 Å². The third kappa shape index (κ3) is 2.92. The molecule has 1 aromatic rings. The van der Waals surface area contributed by atoms with Crippen molar-refractivity contribution in [1.82, 2.24) is 0 Å². The molecule has 0 aromatic heterocycles. The van der Waals surface area contributed by atoms with Crippen LogP contribution < -0.4 is 4.72 Å². The summed E-state index contributed by atoms with van der Waals surface area (Å²) in [6.07, 6.45) is 0. The van der Waals surface area contributed by atoms with E-state index in [-0.39, 0.29) is 17.0 Å². The molecular weight excluding hydrogens is 219 g/mol. The fourth-order valence-corrected chi connectivity index (χ4v) is 1.56. The average Bonchev–Trinajstić information content (AvgIpc) is 2.20. The second-order valence-electron chi connectivity index (χ2n) is 2.81. The molecule has 0 aliphatic rings. The van der Waals surface area contributed by atoms with Gasteiger partial charge in [-0.05, 0) is 25.1 Å². The summed E-state index contributed by atoms with van der Waals surface area (Å²) in [5, 5.41) is 8.53. The molecule has 1 rings (SSSR count). The fraction of sp³-hybridized carbons (Fsp3) is 0.222. The van der Waals surface area contributed by atoms with Crippen molar-refractivity contribution in [3.05, 3.63) is 29.6 Å². The number of hydrogen-bond donors (Lipinski definition) is 1. The summed E-state index contributed by atoms with van der Waals surface area (Å²) >= 11 is 0. The first-order chi connectivity index (χ1) is 6.98. The zero-order chi connectivity index (χ0) is 11.5. The summed E-state index contributed by atoms with van der Waals surface area (Å²) in [5.74, 6) is -0.747. The molecule has 0 aliphatic carbocycles. The number of sulfonamides is 1. The predicted octanol–water partition coefficient (Wildman–Crippen LogP) is 1.46. The van der Waals surface area contributed by atoms with Crippen LogP contribution in [-0.4, -0.2) is 14.2 Å². The molecule has 0 amide bonds. The van der Waals surface area contributed by atoms with E-state index >= 15 is 0 Å². The number of nitriles is 1. The molecule has 15 heavy (non-hydrogen) atoms. The Labute approximate surface area is 87.4 Å².